The summed E-state index contributed by atoms with van der Waals surface area (Å²) in [6, 6.07) is -1.12. The Balaban J connectivity index is -0.00000392. The molecule has 30 heavy (non-hydrogen) atoms. The van der Waals surface area contributed by atoms with Crippen LogP contribution in [0, 0.1) is 0 Å². The Morgan fingerprint density at radius 3 is 1.80 bits per heavy atom. The van der Waals surface area contributed by atoms with Gasteiger partial charge in [-0.3, -0.25) is 9.59 Å². The largest absolute Gasteiger partial charge is 1.00 e. The predicted molar refractivity (Wildman–Crippen MR) is 117 cm³/mol. The van der Waals surface area contributed by atoms with Crippen molar-refractivity contribution in [3.8, 4) is 0 Å². The van der Waals surface area contributed by atoms with Crippen molar-refractivity contribution in [3.05, 3.63) is 12.2 Å². The van der Waals surface area contributed by atoms with Gasteiger partial charge in [0.15, 0.2) is 0 Å². The number of hydrogen-bond donors (Lipinski definition) is 3. The summed E-state index contributed by atoms with van der Waals surface area (Å²) < 4.78 is 0. The van der Waals surface area contributed by atoms with Gasteiger partial charge in [-0.15, -0.1) is 0 Å². The van der Waals surface area contributed by atoms with Crippen LogP contribution in [0.3, 0.4) is 0 Å². The molecule has 0 saturated carbocycles. The first-order valence-electron chi connectivity index (χ1n) is 11.4. The number of carbonyl (C=O) groups is 3. The molecule has 170 valence electrons. The Kier molecular flexibility index (Phi) is 23.8. The SMILES string of the molecule is CCCCCCCCC=CCCCCCCCC(=O)NC(CCC(=O)O)C(=O)O.[H-].[Na+]. The molecule has 1 atom stereocenters. The first-order valence-corrected chi connectivity index (χ1v) is 11.4. The Morgan fingerprint density at radius 2 is 1.30 bits per heavy atom. The molecule has 0 aliphatic carbocycles. The van der Waals surface area contributed by atoms with E-state index in [1.54, 1.807) is 0 Å². The number of amides is 1. The number of carboxylic acids is 2. The molecule has 0 heterocycles. The summed E-state index contributed by atoms with van der Waals surface area (Å²) in [4.78, 5) is 33.4. The zero-order valence-electron chi connectivity index (χ0n) is 20.2. The third-order valence-electron chi connectivity index (χ3n) is 4.95. The minimum atomic E-state index is -1.19. The second-order valence-corrected chi connectivity index (χ2v) is 7.73. The first-order chi connectivity index (χ1) is 14.0. The van der Waals surface area contributed by atoms with E-state index in [1.165, 1.54) is 44.9 Å². The van der Waals surface area contributed by atoms with Crippen molar-refractivity contribution in [1.29, 1.82) is 0 Å². The van der Waals surface area contributed by atoms with E-state index in [-0.39, 0.29) is 56.2 Å². The Bertz CT molecular complexity index is 489. The van der Waals surface area contributed by atoms with Crippen LogP contribution in [-0.2, 0) is 14.4 Å². The van der Waals surface area contributed by atoms with Gasteiger partial charge in [-0.25, -0.2) is 4.79 Å². The molecule has 0 aromatic heterocycles. The van der Waals surface area contributed by atoms with Gasteiger partial charge in [0, 0.05) is 12.8 Å². The van der Waals surface area contributed by atoms with Crippen molar-refractivity contribution >= 4 is 17.8 Å². The molecule has 0 aromatic rings. The second-order valence-electron chi connectivity index (χ2n) is 7.73. The smallest absolute Gasteiger partial charge is 1.00 e. The number of allylic oxidation sites excluding steroid dienone is 2. The van der Waals surface area contributed by atoms with Crippen LogP contribution in [0.4, 0.5) is 0 Å². The molecule has 0 spiro atoms. The summed E-state index contributed by atoms with van der Waals surface area (Å²) in [5.74, 6) is -2.58. The normalized spacial score (nSPS) is 11.8. The van der Waals surface area contributed by atoms with Gasteiger partial charge in [-0.2, -0.15) is 0 Å². The summed E-state index contributed by atoms with van der Waals surface area (Å²) in [7, 11) is 0. The van der Waals surface area contributed by atoms with Crippen LogP contribution in [0.5, 0.6) is 0 Å². The molecule has 1 unspecified atom stereocenters. The average molecular weight is 436 g/mol. The molecule has 0 rings (SSSR count). The van der Waals surface area contributed by atoms with Gasteiger partial charge in [0.1, 0.15) is 6.04 Å². The molecule has 0 radical (unpaired) electrons. The van der Waals surface area contributed by atoms with Gasteiger partial charge >= 0.3 is 41.5 Å². The molecular formula is C23H42NNaO5. The Labute approximate surface area is 206 Å². The molecular weight excluding hydrogens is 393 g/mol. The molecule has 0 aromatic carbocycles. The quantitative estimate of drug-likeness (QED) is 0.155. The zero-order chi connectivity index (χ0) is 21.7. The fourth-order valence-corrected chi connectivity index (χ4v) is 3.15. The molecule has 6 nitrogen and oxygen atoms in total. The minimum absolute atomic E-state index is 0. The summed E-state index contributed by atoms with van der Waals surface area (Å²) >= 11 is 0. The molecule has 3 N–H and O–H groups in total. The maximum atomic E-state index is 11.8. The summed E-state index contributed by atoms with van der Waals surface area (Å²) in [5, 5.41) is 20.1. The second kappa shape index (κ2) is 22.8. The maximum absolute atomic E-state index is 11.8. The van der Waals surface area contributed by atoms with Gasteiger partial charge in [0.2, 0.25) is 5.91 Å². The van der Waals surface area contributed by atoms with Gasteiger partial charge in [-0.1, -0.05) is 70.4 Å². The van der Waals surface area contributed by atoms with Crippen molar-refractivity contribution in [2.45, 2.75) is 116 Å². The minimum Gasteiger partial charge on any atom is -1.00 e. The van der Waals surface area contributed by atoms with Crippen molar-refractivity contribution in [3.63, 3.8) is 0 Å². The summed E-state index contributed by atoms with van der Waals surface area (Å²) in [5.41, 5.74) is 0. The summed E-state index contributed by atoms with van der Waals surface area (Å²) in [6.07, 6.45) is 19.9. The van der Waals surface area contributed by atoms with Crippen LogP contribution in [-0.4, -0.2) is 34.1 Å². The van der Waals surface area contributed by atoms with Gasteiger partial charge in [0.05, 0.1) is 0 Å². The van der Waals surface area contributed by atoms with Crippen LogP contribution < -0.4 is 34.9 Å². The Morgan fingerprint density at radius 1 is 0.800 bits per heavy atom. The van der Waals surface area contributed by atoms with Gasteiger partial charge in [0.25, 0.3) is 0 Å². The Hall–Kier alpha value is -0.850. The van der Waals surface area contributed by atoms with E-state index < -0.39 is 18.0 Å². The van der Waals surface area contributed by atoms with Crippen molar-refractivity contribution in [1.82, 2.24) is 5.32 Å². The molecule has 0 bridgehead atoms. The van der Waals surface area contributed by atoms with Crippen molar-refractivity contribution < 1.29 is 55.6 Å². The van der Waals surface area contributed by atoms with Crippen molar-refractivity contribution in [2.24, 2.45) is 0 Å². The van der Waals surface area contributed by atoms with Crippen LogP contribution in [0.25, 0.3) is 0 Å². The van der Waals surface area contributed by atoms with Gasteiger partial charge in [-0.05, 0) is 38.5 Å². The monoisotopic (exact) mass is 435 g/mol. The first kappa shape index (κ1) is 31.3. The van der Waals surface area contributed by atoms with Crippen LogP contribution >= 0.6 is 0 Å². The third kappa shape index (κ3) is 21.8. The molecule has 7 heteroatoms. The molecule has 0 saturated heterocycles. The third-order valence-corrected chi connectivity index (χ3v) is 4.95. The fourth-order valence-electron chi connectivity index (χ4n) is 3.15. The number of carbonyl (C=O) groups excluding carboxylic acids is 1. The standard InChI is InChI=1S/C23H41NO5.Na.H/c1-2-3-4-5-6-7-8-9-10-11-12-13-14-15-16-17-21(25)24-20(23(28)29)18-19-22(26)27;;/h9-10,20H,2-8,11-19H2,1H3,(H,24,25)(H,26,27)(H,28,29);;/q;+1;-1. The molecule has 0 fully saturated rings. The van der Waals surface area contributed by atoms with Crippen LogP contribution in [0.1, 0.15) is 111 Å². The number of hydrogen-bond acceptors (Lipinski definition) is 3. The molecule has 0 aliphatic heterocycles. The van der Waals surface area contributed by atoms with Crippen molar-refractivity contribution in [2.75, 3.05) is 0 Å². The van der Waals surface area contributed by atoms with E-state index in [1.807, 2.05) is 0 Å². The fraction of sp³-hybridized carbons (Fsp3) is 0.783. The van der Waals surface area contributed by atoms with Crippen LogP contribution in [0.15, 0.2) is 12.2 Å². The molecule has 1 amide bonds. The molecule has 0 aliphatic rings. The number of aliphatic carboxylic acids is 2. The number of rotatable bonds is 20. The zero-order valence-corrected chi connectivity index (χ0v) is 21.2. The number of carboxylic acid groups (broad SMARTS) is 2. The van der Waals surface area contributed by atoms with E-state index in [0.29, 0.717) is 0 Å². The van der Waals surface area contributed by atoms with E-state index in [9.17, 15) is 14.4 Å². The van der Waals surface area contributed by atoms with E-state index in [2.05, 4.69) is 24.4 Å². The van der Waals surface area contributed by atoms with Crippen LogP contribution in [0.2, 0.25) is 0 Å². The van der Waals surface area contributed by atoms with E-state index in [0.717, 1.165) is 38.5 Å². The average Bonchev–Trinajstić information content (AvgIpc) is 2.67. The summed E-state index contributed by atoms with van der Waals surface area (Å²) in [6.45, 7) is 2.24. The topological polar surface area (TPSA) is 104 Å². The number of nitrogens with one attached hydrogen (secondary N) is 1. The maximum Gasteiger partial charge on any atom is 1.00 e. The number of unbranched alkanes of at least 4 members (excludes halogenated alkanes) is 11. The van der Waals surface area contributed by atoms with Gasteiger partial charge < -0.3 is 17.0 Å². The predicted octanol–water partition coefficient (Wildman–Crippen LogP) is 2.57. The van der Waals surface area contributed by atoms with E-state index >= 15 is 0 Å². The van der Waals surface area contributed by atoms with E-state index in [4.69, 9.17) is 10.2 Å².